The van der Waals surface area contributed by atoms with Crippen molar-refractivity contribution in [3.63, 3.8) is 0 Å². The van der Waals surface area contributed by atoms with Crippen LogP contribution in [0.25, 0.3) is 0 Å². The minimum Gasteiger partial charge on any atom is 1.00 e. The van der Waals surface area contributed by atoms with E-state index in [9.17, 15) is 0 Å². The topological polar surface area (TPSA) is 9.23 Å². The molecular formula is C4H7KOSe2. The molecule has 0 unspecified atom stereocenters. The molecule has 0 spiro atoms. The molecule has 0 amide bonds. The molecule has 0 radical (unpaired) electrons. The van der Waals surface area contributed by atoms with Crippen molar-refractivity contribution in [1.82, 2.24) is 0 Å². The Kier molecular flexibility index (Phi) is 15.2. The van der Waals surface area contributed by atoms with E-state index in [1.54, 1.807) is 0 Å². The standard InChI is InChI=1S/C4H8OSe2.K/c1-2-3-5-4(6)7;/h2-3H2,1H3,(H,6,7);/q;+1/p-1. The van der Waals surface area contributed by atoms with Crippen LogP contribution in [0.1, 0.15) is 13.3 Å². The van der Waals surface area contributed by atoms with E-state index in [2.05, 4.69) is 38.5 Å². The van der Waals surface area contributed by atoms with E-state index in [1.807, 2.05) is 0 Å². The second-order valence-corrected chi connectivity index (χ2v) is 3.96. The van der Waals surface area contributed by atoms with E-state index >= 15 is 0 Å². The Balaban J connectivity index is 0. The maximum Gasteiger partial charge on any atom is 1.00 e. The first-order valence-electron chi connectivity index (χ1n) is 2.11. The van der Waals surface area contributed by atoms with Crippen molar-refractivity contribution in [2.24, 2.45) is 0 Å². The van der Waals surface area contributed by atoms with Crippen LogP contribution in [0.4, 0.5) is 0 Å². The van der Waals surface area contributed by atoms with Gasteiger partial charge in [0.05, 0.1) is 0 Å². The molecule has 0 bridgehead atoms. The van der Waals surface area contributed by atoms with Gasteiger partial charge in [0.25, 0.3) is 0 Å². The summed E-state index contributed by atoms with van der Waals surface area (Å²) in [6.45, 7) is 2.87. The Morgan fingerprint density at radius 3 is 2.38 bits per heavy atom. The normalized spacial score (nSPS) is 7.12. The summed E-state index contributed by atoms with van der Waals surface area (Å²) in [5.41, 5.74) is 0. The van der Waals surface area contributed by atoms with Gasteiger partial charge in [-0.15, -0.1) is 0 Å². The summed E-state index contributed by atoms with van der Waals surface area (Å²) in [7, 11) is 0. The van der Waals surface area contributed by atoms with Gasteiger partial charge in [-0.05, 0) is 0 Å². The molecule has 0 atom stereocenters. The fourth-order valence-corrected chi connectivity index (χ4v) is 0.535. The molecular weight excluding hydrogens is 261 g/mol. The quantitative estimate of drug-likeness (QED) is 0.491. The number of hydrogen-bond donors (Lipinski definition) is 0. The summed E-state index contributed by atoms with van der Waals surface area (Å²) in [6.07, 6.45) is 1.06. The van der Waals surface area contributed by atoms with Gasteiger partial charge in [0.15, 0.2) is 0 Å². The van der Waals surface area contributed by atoms with Gasteiger partial charge in [-0.2, -0.15) is 0 Å². The zero-order valence-corrected chi connectivity index (χ0v) is 11.7. The SMILES string of the molecule is CCCOC(=[Se])[Se-].[K+]. The van der Waals surface area contributed by atoms with Crippen molar-refractivity contribution >= 4 is 35.1 Å². The molecule has 0 rings (SSSR count). The Bertz CT molecular complexity index is 67.1. The first kappa shape index (κ1) is 13.0. The average molecular weight is 268 g/mol. The predicted molar refractivity (Wildman–Crippen MR) is 32.8 cm³/mol. The molecule has 1 nitrogen and oxygen atoms in total. The van der Waals surface area contributed by atoms with Gasteiger partial charge < -0.3 is 0 Å². The van der Waals surface area contributed by atoms with Crippen molar-refractivity contribution in [2.45, 2.75) is 13.3 Å². The van der Waals surface area contributed by atoms with Crippen LogP contribution >= 0.6 is 0 Å². The summed E-state index contributed by atoms with van der Waals surface area (Å²) in [5.74, 6) is 0. The van der Waals surface area contributed by atoms with E-state index in [4.69, 9.17) is 4.74 Å². The fourth-order valence-electron chi connectivity index (χ4n) is 0.185. The second kappa shape index (κ2) is 9.35. The zero-order valence-electron chi connectivity index (χ0n) is 5.14. The van der Waals surface area contributed by atoms with Crippen LogP contribution < -0.4 is 51.4 Å². The van der Waals surface area contributed by atoms with E-state index in [-0.39, 0.29) is 51.4 Å². The van der Waals surface area contributed by atoms with Crippen molar-refractivity contribution < 1.29 is 56.1 Å². The third-order valence-electron chi connectivity index (χ3n) is 0.424. The Morgan fingerprint density at radius 1 is 1.75 bits per heavy atom. The van der Waals surface area contributed by atoms with Gasteiger partial charge in [0, 0.05) is 0 Å². The van der Waals surface area contributed by atoms with E-state index < -0.39 is 0 Å². The van der Waals surface area contributed by atoms with Gasteiger partial charge in [-0.3, -0.25) is 0 Å². The third-order valence-corrected chi connectivity index (χ3v) is 0.919. The Morgan fingerprint density at radius 2 is 2.25 bits per heavy atom. The van der Waals surface area contributed by atoms with E-state index in [1.165, 1.54) is 0 Å². The van der Waals surface area contributed by atoms with Crippen LogP contribution in [-0.2, 0) is 4.74 Å². The zero-order chi connectivity index (χ0) is 5.70. The largest absolute Gasteiger partial charge is 1.00 e. The average Bonchev–Trinajstić information content (AvgIpc) is 1.61. The molecule has 0 saturated carbocycles. The predicted octanol–water partition coefficient (Wildman–Crippen LogP) is -3.16. The Labute approximate surface area is 109 Å². The van der Waals surface area contributed by atoms with Crippen LogP contribution in [0.2, 0.25) is 0 Å². The molecule has 0 aliphatic rings. The monoisotopic (exact) mass is 270 g/mol. The van der Waals surface area contributed by atoms with Crippen LogP contribution in [-0.4, -0.2) is 41.7 Å². The maximum atomic E-state index is 5.00. The molecule has 0 heterocycles. The van der Waals surface area contributed by atoms with Crippen molar-refractivity contribution in [1.29, 1.82) is 0 Å². The van der Waals surface area contributed by atoms with Crippen LogP contribution in [0.15, 0.2) is 0 Å². The van der Waals surface area contributed by atoms with Crippen molar-refractivity contribution in [3.8, 4) is 0 Å². The number of ether oxygens (including phenoxy) is 1. The van der Waals surface area contributed by atoms with Gasteiger partial charge >= 0.3 is 111 Å². The second-order valence-electron chi connectivity index (χ2n) is 1.10. The molecule has 0 aromatic heterocycles. The molecule has 0 aliphatic carbocycles. The summed E-state index contributed by atoms with van der Waals surface area (Å²) in [5, 5.41) is 0. The Hall–Kier alpha value is 2.35. The number of rotatable bonds is 3. The van der Waals surface area contributed by atoms with Crippen LogP contribution in [0, 0.1) is 0 Å². The molecule has 0 fully saturated rings. The molecule has 8 heavy (non-hydrogen) atoms. The van der Waals surface area contributed by atoms with Gasteiger partial charge in [-0.25, -0.2) is 0 Å². The minimum absolute atomic E-state index is 0. The van der Waals surface area contributed by atoms with Gasteiger partial charge in [0.1, 0.15) is 0 Å². The van der Waals surface area contributed by atoms with Gasteiger partial charge in [-0.1, -0.05) is 0 Å². The summed E-state index contributed by atoms with van der Waals surface area (Å²) in [4.78, 5) is 0. The van der Waals surface area contributed by atoms with E-state index in [0.29, 0.717) is 0 Å². The minimum atomic E-state index is 0. The molecule has 0 aliphatic heterocycles. The smallest absolute Gasteiger partial charge is 1.00 e. The number of hydrogen-bond acceptors (Lipinski definition) is 1. The molecule has 0 N–H and O–H groups in total. The maximum absolute atomic E-state index is 5.00. The third kappa shape index (κ3) is 11.2. The summed E-state index contributed by atoms with van der Waals surface area (Å²) < 4.78 is 5.80. The summed E-state index contributed by atoms with van der Waals surface area (Å²) in [6, 6.07) is 0. The molecule has 42 valence electrons. The van der Waals surface area contributed by atoms with E-state index in [0.717, 1.165) is 16.5 Å². The van der Waals surface area contributed by atoms with Crippen molar-refractivity contribution in [3.05, 3.63) is 0 Å². The van der Waals surface area contributed by atoms with Crippen LogP contribution in [0.3, 0.4) is 0 Å². The molecule has 0 saturated heterocycles. The van der Waals surface area contributed by atoms with Crippen molar-refractivity contribution in [2.75, 3.05) is 6.61 Å². The van der Waals surface area contributed by atoms with Gasteiger partial charge in [0.2, 0.25) is 0 Å². The molecule has 4 heteroatoms. The molecule has 0 aromatic carbocycles. The van der Waals surface area contributed by atoms with Crippen LogP contribution in [0.5, 0.6) is 0 Å². The first-order chi connectivity index (χ1) is 3.27. The molecule has 0 aromatic rings. The summed E-state index contributed by atoms with van der Waals surface area (Å²) >= 11 is 5.43. The fraction of sp³-hybridized carbons (Fsp3) is 0.750. The first-order valence-corrected chi connectivity index (χ1v) is 3.82.